The molecule has 0 saturated carbocycles. The topological polar surface area (TPSA) is 99.1 Å². The van der Waals surface area contributed by atoms with E-state index in [1.807, 2.05) is 13.8 Å². The Hall–Kier alpha value is -2.67. The molecule has 0 amide bonds. The molecular weight excluding hydrogens is 376 g/mol. The third kappa shape index (κ3) is 6.15. The van der Waals surface area contributed by atoms with Crippen molar-refractivity contribution in [1.29, 1.82) is 0 Å². The van der Waals surface area contributed by atoms with Crippen molar-refractivity contribution in [1.82, 2.24) is 0 Å². The van der Waals surface area contributed by atoms with Gasteiger partial charge >= 0.3 is 17.9 Å². The lowest BCUT2D eigenvalue weighted by molar-refractivity contribution is -0.147. The van der Waals surface area contributed by atoms with E-state index in [1.165, 1.54) is 13.0 Å². The summed E-state index contributed by atoms with van der Waals surface area (Å²) < 4.78 is 16.0. The Balaban J connectivity index is 2.29. The van der Waals surface area contributed by atoms with E-state index in [2.05, 4.69) is 6.58 Å². The number of ether oxygens (including phenoxy) is 3. The summed E-state index contributed by atoms with van der Waals surface area (Å²) in [4.78, 5) is 35.6. The number of aliphatic hydroxyl groups excluding tert-OH is 1. The van der Waals surface area contributed by atoms with Crippen LogP contribution < -0.4 is 0 Å². The fourth-order valence-corrected chi connectivity index (χ4v) is 3.47. The summed E-state index contributed by atoms with van der Waals surface area (Å²) in [5.74, 6) is -2.08. The van der Waals surface area contributed by atoms with Gasteiger partial charge < -0.3 is 19.3 Å². The van der Waals surface area contributed by atoms with Gasteiger partial charge in [-0.2, -0.15) is 0 Å². The molecule has 0 radical (unpaired) electrons. The SMILES string of the molecule is C=C1C(=O)O[C@@H]2/C=C(\C)C[C@H](O)/C=C(\C)C[C@@H](OC(=O)/C(C)=C/COC(C)=O)[C@@H]12. The van der Waals surface area contributed by atoms with Gasteiger partial charge in [0.05, 0.1) is 12.0 Å². The Bertz CT molecular complexity index is 787. The predicted octanol–water partition coefficient (Wildman–Crippen LogP) is 2.55. The largest absolute Gasteiger partial charge is 0.462 e. The molecule has 1 heterocycles. The minimum absolute atomic E-state index is 0.0334. The van der Waals surface area contributed by atoms with Crippen LogP contribution in [0.15, 0.2) is 47.1 Å². The highest BCUT2D eigenvalue weighted by atomic mass is 16.6. The van der Waals surface area contributed by atoms with Gasteiger partial charge in [-0.15, -0.1) is 0 Å². The smallest absolute Gasteiger partial charge is 0.334 e. The lowest BCUT2D eigenvalue weighted by atomic mass is 9.85. The van der Waals surface area contributed by atoms with Gasteiger partial charge in [0, 0.05) is 24.5 Å². The Morgan fingerprint density at radius 3 is 2.55 bits per heavy atom. The van der Waals surface area contributed by atoms with E-state index < -0.39 is 42.1 Å². The van der Waals surface area contributed by atoms with Gasteiger partial charge in [0.1, 0.15) is 18.8 Å². The molecule has 1 saturated heterocycles. The van der Waals surface area contributed by atoms with E-state index in [-0.39, 0.29) is 17.8 Å². The molecule has 0 aromatic heterocycles. The Morgan fingerprint density at radius 1 is 1.24 bits per heavy atom. The van der Waals surface area contributed by atoms with E-state index in [4.69, 9.17) is 14.2 Å². The van der Waals surface area contributed by atoms with Crippen LogP contribution in [-0.4, -0.2) is 47.9 Å². The van der Waals surface area contributed by atoms with Crippen molar-refractivity contribution in [3.05, 3.63) is 47.1 Å². The quantitative estimate of drug-likeness (QED) is 0.333. The zero-order chi connectivity index (χ0) is 21.7. The van der Waals surface area contributed by atoms with Gasteiger partial charge in [0.2, 0.25) is 0 Å². The van der Waals surface area contributed by atoms with Crippen molar-refractivity contribution in [3.8, 4) is 0 Å². The van der Waals surface area contributed by atoms with Crippen molar-refractivity contribution >= 4 is 17.9 Å². The molecule has 1 N–H and O–H groups in total. The molecule has 0 aromatic carbocycles. The van der Waals surface area contributed by atoms with Crippen molar-refractivity contribution in [3.63, 3.8) is 0 Å². The maximum absolute atomic E-state index is 12.6. The lowest BCUT2D eigenvalue weighted by Crippen LogP contribution is -2.34. The number of carbonyl (C=O) groups excluding carboxylic acids is 3. The van der Waals surface area contributed by atoms with Gasteiger partial charge in [-0.1, -0.05) is 23.8 Å². The first-order valence-corrected chi connectivity index (χ1v) is 9.52. The molecule has 7 nitrogen and oxygen atoms in total. The van der Waals surface area contributed by atoms with E-state index in [0.29, 0.717) is 12.8 Å². The van der Waals surface area contributed by atoms with Crippen LogP contribution >= 0.6 is 0 Å². The Kier molecular flexibility index (Phi) is 7.56. The normalized spacial score (nSPS) is 31.6. The minimum atomic E-state index is -0.700. The van der Waals surface area contributed by atoms with Gasteiger partial charge in [-0.3, -0.25) is 4.79 Å². The van der Waals surface area contributed by atoms with Gasteiger partial charge in [-0.25, -0.2) is 9.59 Å². The van der Waals surface area contributed by atoms with Crippen LogP contribution in [0.25, 0.3) is 0 Å². The molecule has 2 aliphatic rings. The summed E-state index contributed by atoms with van der Waals surface area (Å²) in [6.07, 6.45) is 3.72. The number of esters is 3. The van der Waals surface area contributed by atoms with Crippen LogP contribution in [-0.2, 0) is 28.6 Å². The van der Waals surface area contributed by atoms with Crippen LogP contribution in [0.3, 0.4) is 0 Å². The molecule has 1 aliphatic carbocycles. The molecule has 0 spiro atoms. The molecule has 0 unspecified atom stereocenters. The first-order chi connectivity index (χ1) is 13.6. The number of aliphatic hydroxyl groups is 1. The molecule has 1 aliphatic heterocycles. The molecule has 2 rings (SSSR count). The third-order valence-corrected chi connectivity index (χ3v) is 4.90. The predicted molar refractivity (Wildman–Crippen MR) is 106 cm³/mol. The zero-order valence-electron chi connectivity index (χ0n) is 17.3. The van der Waals surface area contributed by atoms with E-state index in [0.717, 1.165) is 11.1 Å². The molecule has 7 heteroatoms. The van der Waals surface area contributed by atoms with Crippen LogP contribution in [0.5, 0.6) is 0 Å². The minimum Gasteiger partial charge on any atom is -0.462 e. The molecule has 1 fully saturated rings. The molecular formula is C22H28O7. The lowest BCUT2D eigenvalue weighted by Gasteiger charge is -2.28. The second-order valence-electron chi connectivity index (χ2n) is 7.56. The van der Waals surface area contributed by atoms with E-state index in [9.17, 15) is 19.5 Å². The Labute approximate surface area is 170 Å². The number of carbonyl (C=O) groups is 3. The first-order valence-electron chi connectivity index (χ1n) is 9.52. The van der Waals surface area contributed by atoms with Gasteiger partial charge in [0.15, 0.2) is 0 Å². The van der Waals surface area contributed by atoms with Gasteiger partial charge in [-0.05, 0) is 39.3 Å². The summed E-state index contributed by atoms with van der Waals surface area (Å²) in [6.45, 7) is 10.3. The average molecular weight is 404 g/mol. The summed E-state index contributed by atoms with van der Waals surface area (Å²) >= 11 is 0. The number of fused-ring (bicyclic) bond motifs is 1. The highest BCUT2D eigenvalue weighted by Gasteiger charge is 2.44. The van der Waals surface area contributed by atoms with Crippen LogP contribution in [0, 0.1) is 5.92 Å². The number of rotatable bonds is 4. The molecule has 0 aromatic rings. The average Bonchev–Trinajstić information content (AvgIpc) is 2.86. The van der Waals surface area contributed by atoms with Crippen LogP contribution in [0.1, 0.15) is 40.5 Å². The van der Waals surface area contributed by atoms with Crippen LogP contribution in [0.2, 0.25) is 0 Å². The molecule has 0 bridgehead atoms. The summed E-state index contributed by atoms with van der Waals surface area (Å²) in [5, 5.41) is 10.2. The van der Waals surface area contributed by atoms with E-state index >= 15 is 0 Å². The highest BCUT2D eigenvalue weighted by molar-refractivity contribution is 5.92. The third-order valence-electron chi connectivity index (χ3n) is 4.90. The maximum Gasteiger partial charge on any atom is 0.334 e. The van der Waals surface area contributed by atoms with Crippen LogP contribution in [0.4, 0.5) is 0 Å². The van der Waals surface area contributed by atoms with Crippen molar-refractivity contribution in [2.24, 2.45) is 5.92 Å². The van der Waals surface area contributed by atoms with Crippen molar-refractivity contribution < 1.29 is 33.7 Å². The van der Waals surface area contributed by atoms with Crippen molar-refractivity contribution in [2.45, 2.75) is 58.8 Å². The molecule has 29 heavy (non-hydrogen) atoms. The zero-order valence-corrected chi connectivity index (χ0v) is 17.3. The fourth-order valence-electron chi connectivity index (χ4n) is 3.47. The number of hydrogen-bond donors (Lipinski definition) is 1. The second kappa shape index (κ2) is 9.69. The summed E-state index contributed by atoms with van der Waals surface area (Å²) in [6, 6.07) is 0. The fraction of sp³-hybridized carbons (Fsp3) is 0.500. The molecule has 158 valence electrons. The Morgan fingerprint density at radius 2 is 1.90 bits per heavy atom. The highest BCUT2D eigenvalue weighted by Crippen LogP contribution is 2.36. The molecule has 4 atom stereocenters. The van der Waals surface area contributed by atoms with Crippen molar-refractivity contribution in [2.75, 3.05) is 6.61 Å². The monoisotopic (exact) mass is 404 g/mol. The summed E-state index contributed by atoms with van der Waals surface area (Å²) in [5.41, 5.74) is 2.23. The van der Waals surface area contributed by atoms with Gasteiger partial charge in [0.25, 0.3) is 0 Å². The second-order valence-corrected chi connectivity index (χ2v) is 7.56. The standard InChI is InChI=1S/C22H28O7/c1-12-8-17(24)9-13(2)11-19-20(15(4)22(26)29-19)18(10-12)28-21(25)14(3)6-7-27-16(5)23/h6,8,11,17-20,24H,4,7,9-10H2,1-3,5H3/b12-8+,13-11+,14-6+/t17-,18-,19-,20-/m1/s1. The van der Waals surface area contributed by atoms with E-state index in [1.54, 1.807) is 19.1 Å². The first kappa shape index (κ1) is 22.6. The number of hydrogen-bond acceptors (Lipinski definition) is 7. The maximum atomic E-state index is 12.6. The summed E-state index contributed by atoms with van der Waals surface area (Å²) in [7, 11) is 0.